The lowest BCUT2D eigenvalue weighted by molar-refractivity contribution is 0.0478. The Balaban J connectivity index is 2.22. The summed E-state index contributed by atoms with van der Waals surface area (Å²) in [6.45, 7) is 8.83. The maximum absolute atomic E-state index is 6.02. The van der Waals surface area contributed by atoms with Gasteiger partial charge in [0.25, 0.3) is 0 Å². The zero-order valence-electron chi connectivity index (χ0n) is 14.0. The van der Waals surface area contributed by atoms with Crippen LogP contribution in [-0.4, -0.2) is 35.1 Å². The number of rotatable bonds is 5. The summed E-state index contributed by atoms with van der Waals surface area (Å²) in [7, 11) is 4.09. The highest BCUT2D eigenvalue weighted by atomic mass is 79.9. The predicted molar refractivity (Wildman–Crippen MR) is 89.5 cm³/mol. The first-order chi connectivity index (χ1) is 9.90. The quantitative estimate of drug-likeness (QED) is 0.880. The molecule has 21 heavy (non-hydrogen) atoms. The highest BCUT2D eigenvalue weighted by Crippen LogP contribution is 2.36. The summed E-state index contributed by atoms with van der Waals surface area (Å²) in [5, 5.41) is 8.12. The van der Waals surface area contributed by atoms with Crippen molar-refractivity contribution in [3.8, 4) is 0 Å². The van der Waals surface area contributed by atoms with Gasteiger partial charge in [0.05, 0.1) is 28.1 Å². The van der Waals surface area contributed by atoms with Crippen LogP contribution in [-0.2, 0) is 24.6 Å². The molecule has 0 bridgehead atoms. The Morgan fingerprint density at radius 3 is 2.43 bits per heavy atom. The van der Waals surface area contributed by atoms with E-state index >= 15 is 0 Å². The van der Waals surface area contributed by atoms with Gasteiger partial charge in [0, 0.05) is 25.4 Å². The molecule has 4 nitrogen and oxygen atoms in total. The molecule has 0 radical (unpaired) electrons. The van der Waals surface area contributed by atoms with Crippen molar-refractivity contribution in [1.82, 2.24) is 15.1 Å². The Morgan fingerprint density at radius 2 is 2.00 bits per heavy atom. The number of aryl methyl sites for hydroxylation is 2. The number of hydrogen-bond acceptors (Lipinski definition) is 3. The highest BCUT2D eigenvalue weighted by molar-refractivity contribution is 9.10. The zero-order chi connectivity index (χ0) is 15.7. The summed E-state index contributed by atoms with van der Waals surface area (Å²) in [5.74, 6) is 1.09. The number of likely N-dealkylation sites (N-methyl/N-ethyl adjacent to an activating group) is 1. The summed E-state index contributed by atoms with van der Waals surface area (Å²) in [6.07, 6.45) is 2.55. The van der Waals surface area contributed by atoms with E-state index in [1.807, 2.05) is 11.7 Å². The van der Waals surface area contributed by atoms with Crippen LogP contribution in [0.25, 0.3) is 0 Å². The monoisotopic (exact) mass is 357 g/mol. The average Bonchev–Trinajstić information content (AvgIpc) is 2.86. The van der Waals surface area contributed by atoms with E-state index in [1.54, 1.807) is 0 Å². The van der Waals surface area contributed by atoms with Gasteiger partial charge in [-0.15, -0.1) is 0 Å². The van der Waals surface area contributed by atoms with Gasteiger partial charge < -0.3 is 10.1 Å². The van der Waals surface area contributed by atoms with Crippen molar-refractivity contribution in [2.24, 2.45) is 18.9 Å². The molecule has 1 aliphatic heterocycles. The van der Waals surface area contributed by atoms with Crippen LogP contribution < -0.4 is 5.32 Å². The number of nitrogens with one attached hydrogen (secondary N) is 1. The molecule has 2 heterocycles. The number of ether oxygens (including phenoxy) is 1. The molecule has 5 atom stereocenters. The maximum Gasteiger partial charge on any atom is 0.0766 e. The van der Waals surface area contributed by atoms with Crippen molar-refractivity contribution in [2.75, 3.05) is 7.05 Å². The molecular weight excluding hydrogens is 330 g/mol. The van der Waals surface area contributed by atoms with E-state index < -0.39 is 0 Å². The molecule has 0 amide bonds. The largest absolute Gasteiger partial charge is 0.375 e. The van der Waals surface area contributed by atoms with Crippen LogP contribution >= 0.6 is 15.9 Å². The lowest BCUT2D eigenvalue weighted by Crippen LogP contribution is -2.42. The van der Waals surface area contributed by atoms with Gasteiger partial charge in [0.1, 0.15) is 0 Å². The minimum atomic E-state index is 0.296. The van der Waals surface area contributed by atoms with Gasteiger partial charge in [-0.3, -0.25) is 4.68 Å². The second kappa shape index (κ2) is 6.80. The first-order valence-electron chi connectivity index (χ1n) is 7.93. The number of nitrogens with zero attached hydrogens (tertiary/aromatic N) is 2. The fourth-order valence-corrected chi connectivity index (χ4v) is 4.45. The molecule has 1 saturated heterocycles. The van der Waals surface area contributed by atoms with Crippen LogP contribution in [0, 0.1) is 11.8 Å². The Labute approximate surface area is 136 Å². The maximum atomic E-state index is 6.02. The number of halogens is 1. The van der Waals surface area contributed by atoms with E-state index in [2.05, 4.69) is 61.1 Å². The Bertz CT molecular complexity index is 488. The first-order valence-corrected chi connectivity index (χ1v) is 8.72. The number of hydrogen-bond donors (Lipinski definition) is 1. The minimum Gasteiger partial charge on any atom is -0.375 e. The summed E-state index contributed by atoms with van der Waals surface area (Å²) in [4.78, 5) is 0. The second-order valence-electron chi connectivity index (χ2n) is 6.27. The molecule has 1 aliphatic rings. The van der Waals surface area contributed by atoms with Gasteiger partial charge in [-0.25, -0.2) is 0 Å². The van der Waals surface area contributed by atoms with Gasteiger partial charge in [-0.05, 0) is 49.2 Å². The fourth-order valence-electron chi connectivity index (χ4n) is 3.67. The first kappa shape index (κ1) is 17.0. The summed E-state index contributed by atoms with van der Waals surface area (Å²) < 4.78 is 9.20. The van der Waals surface area contributed by atoms with Gasteiger partial charge in [0.15, 0.2) is 0 Å². The molecule has 0 aromatic carbocycles. The summed E-state index contributed by atoms with van der Waals surface area (Å²) in [6, 6.07) is 0.399. The van der Waals surface area contributed by atoms with Gasteiger partial charge >= 0.3 is 0 Å². The summed E-state index contributed by atoms with van der Waals surface area (Å²) >= 11 is 3.73. The molecule has 5 heteroatoms. The zero-order valence-corrected chi connectivity index (χ0v) is 15.6. The predicted octanol–water partition coefficient (Wildman–Crippen LogP) is 2.94. The Morgan fingerprint density at radius 1 is 1.33 bits per heavy atom. The molecule has 1 fully saturated rings. The Hall–Kier alpha value is -0.390. The molecular formula is C16H28BrN3O. The van der Waals surface area contributed by atoms with Gasteiger partial charge in [-0.2, -0.15) is 5.10 Å². The van der Waals surface area contributed by atoms with E-state index in [0.29, 0.717) is 30.1 Å². The molecule has 1 aromatic rings. The topological polar surface area (TPSA) is 39.1 Å². The number of aromatic nitrogens is 2. The van der Waals surface area contributed by atoms with E-state index in [-0.39, 0.29) is 0 Å². The molecule has 1 N–H and O–H groups in total. The van der Waals surface area contributed by atoms with Gasteiger partial charge in [-0.1, -0.05) is 13.8 Å². The normalized spacial score (nSPS) is 30.8. The van der Waals surface area contributed by atoms with Crippen LogP contribution in [0.2, 0.25) is 0 Å². The molecule has 0 saturated carbocycles. The second-order valence-corrected chi connectivity index (χ2v) is 7.06. The fraction of sp³-hybridized carbons (Fsp3) is 0.812. The minimum absolute atomic E-state index is 0.296. The molecule has 1 aromatic heterocycles. The third-order valence-electron chi connectivity index (χ3n) is 5.07. The van der Waals surface area contributed by atoms with E-state index in [9.17, 15) is 0 Å². The van der Waals surface area contributed by atoms with Crippen molar-refractivity contribution in [3.63, 3.8) is 0 Å². The van der Waals surface area contributed by atoms with Crippen LogP contribution in [0.4, 0.5) is 0 Å². The van der Waals surface area contributed by atoms with Gasteiger partial charge in [0.2, 0.25) is 0 Å². The summed E-state index contributed by atoms with van der Waals surface area (Å²) in [5.41, 5.74) is 2.41. The molecule has 0 spiro atoms. The van der Waals surface area contributed by atoms with Crippen LogP contribution in [0.15, 0.2) is 4.47 Å². The smallest absolute Gasteiger partial charge is 0.0766 e. The van der Waals surface area contributed by atoms with Crippen molar-refractivity contribution in [1.29, 1.82) is 0 Å². The third-order valence-corrected chi connectivity index (χ3v) is 5.99. The Kier molecular flexibility index (Phi) is 5.49. The van der Waals surface area contributed by atoms with Crippen LogP contribution in [0.3, 0.4) is 0 Å². The van der Waals surface area contributed by atoms with Crippen molar-refractivity contribution < 1.29 is 4.74 Å². The molecule has 0 aliphatic carbocycles. The lowest BCUT2D eigenvalue weighted by atomic mass is 9.81. The molecule has 2 rings (SSSR count). The molecule has 5 unspecified atom stereocenters. The van der Waals surface area contributed by atoms with E-state index in [0.717, 1.165) is 18.5 Å². The average molecular weight is 358 g/mol. The van der Waals surface area contributed by atoms with Crippen molar-refractivity contribution >= 4 is 15.9 Å². The van der Waals surface area contributed by atoms with E-state index in [4.69, 9.17) is 4.74 Å². The van der Waals surface area contributed by atoms with Crippen molar-refractivity contribution in [2.45, 2.75) is 58.8 Å². The lowest BCUT2D eigenvalue weighted by Gasteiger charge is -2.29. The highest BCUT2D eigenvalue weighted by Gasteiger charge is 2.41. The molecule has 120 valence electrons. The van der Waals surface area contributed by atoms with E-state index in [1.165, 1.54) is 10.2 Å². The standard InChI is InChI=1S/C16H28BrN3O/c1-7-12-16(17)14(20(6)19-12)8-13(18-5)15-9(2)10(3)21-11(15)4/h9-11,13,15,18H,7-8H2,1-6H3. The SMILES string of the molecule is CCc1nn(C)c(CC(NC)C2C(C)OC(C)C2C)c1Br. The van der Waals surface area contributed by atoms with Crippen LogP contribution in [0.1, 0.15) is 39.1 Å². The van der Waals surface area contributed by atoms with Crippen LogP contribution in [0.5, 0.6) is 0 Å². The van der Waals surface area contributed by atoms with Crippen molar-refractivity contribution in [3.05, 3.63) is 15.9 Å². The third kappa shape index (κ3) is 3.20.